The first-order valence-corrected chi connectivity index (χ1v) is 9.93. The van der Waals surface area contributed by atoms with E-state index in [-0.39, 0.29) is 17.7 Å². The maximum atomic E-state index is 12.5. The van der Waals surface area contributed by atoms with Crippen LogP contribution in [0, 0.1) is 0 Å². The molecule has 7 nitrogen and oxygen atoms in total. The van der Waals surface area contributed by atoms with E-state index in [2.05, 4.69) is 5.32 Å². The highest BCUT2D eigenvalue weighted by Crippen LogP contribution is 2.35. The van der Waals surface area contributed by atoms with Crippen molar-refractivity contribution in [2.75, 3.05) is 26.2 Å². The summed E-state index contributed by atoms with van der Waals surface area (Å²) >= 11 is 0. The molecule has 0 bridgehead atoms. The predicted octanol–water partition coefficient (Wildman–Crippen LogP) is 1.71. The fourth-order valence-corrected chi connectivity index (χ4v) is 3.92. The van der Waals surface area contributed by atoms with Crippen LogP contribution in [0.15, 0.2) is 24.3 Å². The molecule has 0 aliphatic carbocycles. The Morgan fingerprint density at radius 1 is 1.11 bits per heavy atom. The van der Waals surface area contributed by atoms with Crippen molar-refractivity contribution >= 4 is 17.7 Å². The van der Waals surface area contributed by atoms with Gasteiger partial charge in [0.25, 0.3) is 0 Å². The van der Waals surface area contributed by atoms with Crippen LogP contribution in [0.4, 0.5) is 0 Å². The number of nitrogens with zero attached hydrogens (tertiary/aromatic N) is 2. The first kappa shape index (κ1) is 20.2. The van der Waals surface area contributed by atoms with Crippen LogP contribution in [0.2, 0.25) is 0 Å². The van der Waals surface area contributed by atoms with Crippen molar-refractivity contribution in [1.29, 1.82) is 0 Å². The number of likely N-dealkylation sites (tertiary alicyclic amines) is 1. The summed E-state index contributed by atoms with van der Waals surface area (Å²) in [6.07, 6.45) is 2.46. The molecular formula is C21H29N3O4. The summed E-state index contributed by atoms with van der Waals surface area (Å²) in [5.41, 5.74) is 0.566. The lowest BCUT2D eigenvalue weighted by Gasteiger charge is -2.42. The summed E-state index contributed by atoms with van der Waals surface area (Å²) in [4.78, 5) is 39.2. The molecule has 0 saturated carbocycles. The molecule has 0 aromatic heterocycles. The number of rotatable bonds is 4. The Bertz CT molecular complexity index is 741. The van der Waals surface area contributed by atoms with Crippen LogP contribution < -0.4 is 10.1 Å². The van der Waals surface area contributed by atoms with E-state index < -0.39 is 5.60 Å². The summed E-state index contributed by atoms with van der Waals surface area (Å²) in [6.45, 7) is 5.92. The molecule has 28 heavy (non-hydrogen) atoms. The van der Waals surface area contributed by atoms with E-state index in [9.17, 15) is 14.4 Å². The average molecular weight is 387 g/mol. The number of nitrogens with one attached hydrogen (secondary N) is 1. The molecule has 1 spiro atoms. The lowest BCUT2D eigenvalue weighted by atomic mass is 9.90. The van der Waals surface area contributed by atoms with Gasteiger partial charge in [-0.25, -0.2) is 0 Å². The summed E-state index contributed by atoms with van der Waals surface area (Å²) in [7, 11) is 0. The van der Waals surface area contributed by atoms with Gasteiger partial charge in [0, 0.05) is 64.9 Å². The van der Waals surface area contributed by atoms with E-state index in [1.165, 1.54) is 6.92 Å². The largest absolute Gasteiger partial charge is 0.485 e. The zero-order valence-corrected chi connectivity index (χ0v) is 16.7. The topological polar surface area (TPSA) is 79.0 Å². The number of piperidine rings is 1. The Balaban J connectivity index is 1.62. The van der Waals surface area contributed by atoms with Gasteiger partial charge in [-0.2, -0.15) is 0 Å². The molecule has 2 aliphatic rings. The maximum absolute atomic E-state index is 12.5. The van der Waals surface area contributed by atoms with Crippen LogP contribution >= 0.6 is 0 Å². The molecular weight excluding hydrogens is 358 g/mol. The number of hydrogen-bond acceptors (Lipinski definition) is 4. The zero-order valence-electron chi connectivity index (χ0n) is 16.7. The fraction of sp³-hybridized carbons (Fsp3) is 0.571. The molecule has 0 radical (unpaired) electrons. The molecule has 1 N–H and O–H groups in total. The first-order valence-electron chi connectivity index (χ1n) is 9.93. The fourth-order valence-electron chi connectivity index (χ4n) is 3.92. The van der Waals surface area contributed by atoms with Crippen molar-refractivity contribution in [3.8, 4) is 5.75 Å². The number of para-hydroxylation sites is 1. The number of hydrogen-bond donors (Lipinski definition) is 1. The standard InChI is InChI=1S/C21H29N3O4/c1-16(25)22-11-5-8-20(27)23-12-9-21(10-13-23)15-24(17(2)26)14-18-6-3-4-7-19(18)28-21/h3-4,6-7H,5,8-15H2,1-2H3,(H,22,25). The molecule has 3 amide bonds. The van der Waals surface area contributed by atoms with E-state index in [0.717, 1.165) is 11.3 Å². The molecule has 3 rings (SSSR count). The van der Waals surface area contributed by atoms with Gasteiger partial charge in [-0.3, -0.25) is 14.4 Å². The molecule has 7 heteroatoms. The lowest BCUT2D eigenvalue weighted by Crippen LogP contribution is -2.55. The number of carbonyl (C=O) groups is 3. The molecule has 0 unspecified atom stereocenters. The Labute approximate surface area is 166 Å². The van der Waals surface area contributed by atoms with Gasteiger partial charge < -0.3 is 19.9 Å². The Morgan fingerprint density at radius 3 is 2.50 bits per heavy atom. The summed E-state index contributed by atoms with van der Waals surface area (Å²) in [5.74, 6) is 0.906. The number of carbonyl (C=O) groups excluding carboxylic acids is 3. The third kappa shape index (κ3) is 4.82. The molecule has 1 aromatic rings. The Hall–Kier alpha value is -2.57. The molecule has 2 aliphatic heterocycles. The Morgan fingerprint density at radius 2 is 1.82 bits per heavy atom. The summed E-state index contributed by atoms with van der Waals surface area (Å²) in [5, 5.41) is 2.72. The first-order chi connectivity index (χ1) is 13.4. The second-order valence-corrected chi connectivity index (χ2v) is 7.74. The van der Waals surface area contributed by atoms with Gasteiger partial charge in [0.2, 0.25) is 17.7 Å². The van der Waals surface area contributed by atoms with E-state index in [4.69, 9.17) is 4.74 Å². The van der Waals surface area contributed by atoms with Crippen LogP contribution in [-0.4, -0.2) is 59.3 Å². The molecule has 0 atom stereocenters. The van der Waals surface area contributed by atoms with Crippen molar-refractivity contribution in [1.82, 2.24) is 15.1 Å². The van der Waals surface area contributed by atoms with Crippen molar-refractivity contribution < 1.29 is 19.1 Å². The van der Waals surface area contributed by atoms with Crippen molar-refractivity contribution in [2.45, 2.75) is 51.7 Å². The zero-order chi connectivity index (χ0) is 20.1. The average Bonchev–Trinajstić information content (AvgIpc) is 2.82. The minimum Gasteiger partial charge on any atom is -0.485 e. The quantitative estimate of drug-likeness (QED) is 0.798. The predicted molar refractivity (Wildman–Crippen MR) is 105 cm³/mol. The van der Waals surface area contributed by atoms with Gasteiger partial charge in [-0.15, -0.1) is 0 Å². The second-order valence-electron chi connectivity index (χ2n) is 7.74. The van der Waals surface area contributed by atoms with E-state index >= 15 is 0 Å². The van der Waals surface area contributed by atoms with E-state index in [0.29, 0.717) is 58.4 Å². The molecule has 1 saturated heterocycles. The van der Waals surface area contributed by atoms with Gasteiger partial charge in [0.1, 0.15) is 11.4 Å². The minimum absolute atomic E-state index is 0.0381. The molecule has 1 fully saturated rings. The number of fused-ring (bicyclic) bond motifs is 1. The van der Waals surface area contributed by atoms with Crippen LogP contribution in [0.5, 0.6) is 5.75 Å². The van der Waals surface area contributed by atoms with E-state index in [1.807, 2.05) is 34.1 Å². The lowest BCUT2D eigenvalue weighted by molar-refractivity contribution is -0.138. The summed E-state index contributed by atoms with van der Waals surface area (Å²) in [6, 6.07) is 7.86. The van der Waals surface area contributed by atoms with Crippen LogP contribution in [0.3, 0.4) is 0 Å². The third-order valence-corrected chi connectivity index (χ3v) is 5.55. The second kappa shape index (κ2) is 8.63. The van der Waals surface area contributed by atoms with Crippen molar-refractivity contribution in [2.24, 2.45) is 0 Å². The number of ether oxygens (including phenoxy) is 1. The summed E-state index contributed by atoms with van der Waals surface area (Å²) < 4.78 is 6.44. The number of amides is 3. The van der Waals surface area contributed by atoms with Gasteiger partial charge >= 0.3 is 0 Å². The monoisotopic (exact) mass is 387 g/mol. The van der Waals surface area contributed by atoms with E-state index in [1.54, 1.807) is 6.92 Å². The highest BCUT2D eigenvalue weighted by molar-refractivity contribution is 5.77. The van der Waals surface area contributed by atoms with Crippen LogP contribution in [0.1, 0.15) is 45.1 Å². The smallest absolute Gasteiger partial charge is 0.222 e. The van der Waals surface area contributed by atoms with Crippen LogP contribution in [-0.2, 0) is 20.9 Å². The van der Waals surface area contributed by atoms with Crippen LogP contribution in [0.25, 0.3) is 0 Å². The highest BCUT2D eigenvalue weighted by Gasteiger charge is 2.42. The van der Waals surface area contributed by atoms with Crippen molar-refractivity contribution in [3.63, 3.8) is 0 Å². The molecule has 152 valence electrons. The molecule has 2 heterocycles. The molecule has 1 aromatic carbocycles. The van der Waals surface area contributed by atoms with Crippen molar-refractivity contribution in [3.05, 3.63) is 29.8 Å². The van der Waals surface area contributed by atoms with Gasteiger partial charge in [-0.05, 0) is 12.5 Å². The van der Waals surface area contributed by atoms with Gasteiger partial charge in [0.15, 0.2) is 0 Å². The SMILES string of the molecule is CC(=O)NCCCC(=O)N1CCC2(CC1)CN(C(C)=O)Cc1ccccc1O2. The Kier molecular flexibility index (Phi) is 6.21. The van der Waals surface area contributed by atoms with Gasteiger partial charge in [0.05, 0.1) is 6.54 Å². The minimum atomic E-state index is -0.453. The normalized spacial score (nSPS) is 18.1. The third-order valence-electron chi connectivity index (χ3n) is 5.55. The maximum Gasteiger partial charge on any atom is 0.222 e. The highest BCUT2D eigenvalue weighted by atomic mass is 16.5. The van der Waals surface area contributed by atoms with Gasteiger partial charge in [-0.1, -0.05) is 18.2 Å². The number of benzene rings is 1.